The number of hydrogen-bond donors (Lipinski definition) is 2. The van der Waals surface area contributed by atoms with Crippen LogP contribution in [0.3, 0.4) is 0 Å². The molecule has 0 radical (unpaired) electrons. The number of alkyl halides is 2. The lowest BCUT2D eigenvalue weighted by Crippen LogP contribution is -2.12. The number of hydrogen-bond acceptors (Lipinski definition) is 4. The molecule has 0 saturated carbocycles. The van der Waals surface area contributed by atoms with Crippen LogP contribution < -0.4 is 4.74 Å². The van der Waals surface area contributed by atoms with Crippen LogP contribution >= 0.6 is 0 Å². The average Bonchev–Trinajstić information content (AvgIpc) is 2.93. The third-order valence-corrected chi connectivity index (χ3v) is 3.72. The van der Waals surface area contributed by atoms with Crippen LogP contribution in [0.5, 0.6) is 5.75 Å². The Morgan fingerprint density at radius 2 is 1.79 bits per heavy atom. The number of rotatable bonds is 6. The van der Waals surface area contributed by atoms with Gasteiger partial charge in [0.2, 0.25) is 0 Å². The summed E-state index contributed by atoms with van der Waals surface area (Å²) in [6, 6.07) is 13.2. The molecule has 0 amide bonds. The van der Waals surface area contributed by atoms with Crippen molar-refractivity contribution < 1.29 is 23.7 Å². The predicted molar refractivity (Wildman–Crippen MR) is 83.7 cm³/mol. The molecule has 0 bridgehead atoms. The number of ether oxygens (including phenoxy) is 1. The fourth-order valence-electron chi connectivity index (χ4n) is 2.60. The molecule has 0 fully saturated rings. The minimum absolute atomic E-state index is 0.0325. The van der Waals surface area contributed by atoms with Crippen molar-refractivity contribution in [1.29, 1.82) is 0 Å². The number of benzene rings is 2. The quantitative estimate of drug-likeness (QED) is 0.727. The van der Waals surface area contributed by atoms with Crippen molar-refractivity contribution in [3.05, 3.63) is 59.9 Å². The summed E-state index contributed by atoms with van der Waals surface area (Å²) in [6.07, 6.45) is -0.881. The van der Waals surface area contributed by atoms with E-state index in [4.69, 9.17) is 0 Å². The minimum Gasteiger partial charge on any atom is -0.435 e. The van der Waals surface area contributed by atoms with Crippen LogP contribution in [-0.4, -0.2) is 26.4 Å². The van der Waals surface area contributed by atoms with Gasteiger partial charge in [-0.25, -0.2) is 4.98 Å². The predicted octanol–water partition coefficient (Wildman–Crippen LogP) is 2.86. The Bertz CT molecular complexity index is 818. The molecule has 0 spiro atoms. The minimum atomic E-state index is -2.88. The second-order valence-corrected chi connectivity index (χ2v) is 5.25. The summed E-state index contributed by atoms with van der Waals surface area (Å²) < 4.78 is 30.3. The van der Waals surface area contributed by atoms with Crippen LogP contribution in [0.4, 0.5) is 8.78 Å². The van der Waals surface area contributed by atoms with Gasteiger partial charge in [-0.2, -0.15) is 8.78 Å². The fourth-order valence-corrected chi connectivity index (χ4v) is 2.60. The SMILES string of the molecule is OCc1nc2ccccc2n1CC(O)c1ccc(OC(F)F)cc1. The molecule has 2 aromatic carbocycles. The van der Waals surface area contributed by atoms with Gasteiger partial charge in [-0.05, 0) is 29.8 Å². The number of imidazole rings is 1. The number of aromatic nitrogens is 2. The second-order valence-electron chi connectivity index (χ2n) is 5.25. The Labute approximate surface area is 136 Å². The first-order valence-corrected chi connectivity index (χ1v) is 7.36. The summed E-state index contributed by atoms with van der Waals surface area (Å²) in [5, 5.41) is 19.9. The first-order chi connectivity index (χ1) is 11.6. The Kier molecular flexibility index (Phi) is 4.73. The molecule has 1 aromatic heterocycles. The molecule has 3 rings (SSSR count). The normalized spacial score (nSPS) is 12.7. The van der Waals surface area contributed by atoms with E-state index in [0.717, 1.165) is 11.0 Å². The van der Waals surface area contributed by atoms with Crippen LogP contribution in [0.2, 0.25) is 0 Å². The van der Waals surface area contributed by atoms with Crippen LogP contribution in [0.15, 0.2) is 48.5 Å². The van der Waals surface area contributed by atoms with E-state index in [-0.39, 0.29) is 18.9 Å². The van der Waals surface area contributed by atoms with Gasteiger partial charge in [0.1, 0.15) is 18.2 Å². The largest absolute Gasteiger partial charge is 0.435 e. The highest BCUT2D eigenvalue weighted by Crippen LogP contribution is 2.23. The highest BCUT2D eigenvalue weighted by molar-refractivity contribution is 5.75. The van der Waals surface area contributed by atoms with Crippen molar-refractivity contribution in [3.8, 4) is 5.75 Å². The Morgan fingerprint density at radius 3 is 2.46 bits per heavy atom. The molecule has 126 valence electrons. The molecule has 3 aromatic rings. The molecule has 1 unspecified atom stereocenters. The lowest BCUT2D eigenvalue weighted by Gasteiger charge is -2.15. The van der Waals surface area contributed by atoms with Gasteiger partial charge in [-0.1, -0.05) is 24.3 Å². The standard InChI is InChI=1S/C17H16F2N2O3/c18-17(19)24-12-7-5-11(6-8-12)15(23)9-21-14-4-2-1-3-13(14)20-16(21)10-22/h1-8,15,17,22-23H,9-10H2. The maximum absolute atomic E-state index is 12.2. The number of nitrogens with zero attached hydrogens (tertiary/aromatic N) is 2. The number of halogens is 2. The summed E-state index contributed by atoms with van der Waals surface area (Å²) >= 11 is 0. The fraction of sp³-hybridized carbons (Fsp3) is 0.235. The van der Waals surface area contributed by atoms with E-state index in [1.165, 1.54) is 24.3 Å². The first kappa shape index (κ1) is 16.4. The van der Waals surface area contributed by atoms with E-state index in [1.807, 2.05) is 24.3 Å². The van der Waals surface area contributed by atoms with Gasteiger partial charge in [0.25, 0.3) is 0 Å². The third kappa shape index (κ3) is 3.37. The highest BCUT2D eigenvalue weighted by atomic mass is 19.3. The first-order valence-electron chi connectivity index (χ1n) is 7.36. The van der Waals surface area contributed by atoms with Crippen molar-refractivity contribution >= 4 is 11.0 Å². The molecule has 0 aliphatic rings. The smallest absolute Gasteiger partial charge is 0.387 e. The van der Waals surface area contributed by atoms with E-state index >= 15 is 0 Å². The molecule has 0 aliphatic carbocycles. The molecule has 5 nitrogen and oxygen atoms in total. The molecular weight excluding hydrogens is 318 g/mol. The topological polar surface area (TPSA) is 67.5 Å². The monoisotopic (exact) mass is 334 g/mol. The Balaban J connectivity index is 1.83. The molecule has 1 heterocycles. The zero-order valence-electron chi connectivity index (χ0n) is 12.6. The maximum Gasteiger partial charge on any atom is 0.387 e. The van der Waals surface area contributed by atoms with Crippen molar-refractivity contribution in [1.82, 2.24) is 9.55 Å². The van der Waals surface area contributed by atoms with Crippen LogP contribution in [-0.2, 0) is 13.2 Å². The maximum atomic E-state index is 12.2. The number of para-hydroxylation sites is 2. The summed E-state index contributed by atoms with van der Waals surface area (Å²) in [6.45, 7) is -2.95. The van der Waals surface area contributed by atoms with Crippen LogP contribution in [0, 0.1) is 0 Å². The average molecular weight is 334 g/mol. The van der Waals surface area contributed by atoms with Crippen molar-refractivity contribution in [2.24, 2.45) is 0 Å². The molecule has 0 saturated heterocycles. The van der Waals surface area contributed by atoms with E-state index in [9.17, 15) is 19.0 Å². The second kappa shape index (κ2) is 6.94. The summed E-state index contributed by atoms with van der Waals surface area (Å²) in [5.74, 6) is 0.484. The van der Waals surface area contributed by atoms with Gasteiger partial charge in [0.15, 0.2) is 0 Å². The molecule has 0 aliphatic heterocycles. The molecular formula is C17H16F2N2O3. The van der Waals surface area contributed by atoms with E-state index in [1.54, 1.807) is 4.57 Å². The van der Waals surface area contributed by atoms with Crippen molar-refractivity contribution in [2.45, 2.75) is 25.9 Å². The van der Waals surface area contributed by atoms with Gasteiger partial charge in [-0.15, -0.1) is 0 Å². The number of aliphatic hydroxyl groups excluding tert-OH is 2. The van der Waals surface area contributed by atoms with Crippen molar-refractivity contribution in [3.63, 3.8) is 0 Å². The summed E-state index contributed by atoms with van der Waals surface area (Å²) in [5.41, 5.74) is 2.09. The van der Waals surface area contributed by atoms with Gasteiger partial charge in [0, 0.05) is 0 Å². The number of aliphatic hydroxyl groups is 2. The van der Waals surface area contributed by atoms with E-state index < -0.39 is 12.7 Å². The van der Waals surface area contributed by atoms with Crippen molar-refractivity contribution in [2.75, 3.05) is 0 Å². The Morgan fingerprint density at radius 1 is 1.08 bits per heavy atom. The van der Waals surface area contributed by atoms with Crippen LogP contribution in [0.25, 0.3) is 11.0 Å². The number of fused-ring (bicyclic) bond motifs is 1. The van der Waals surface area contributed by atoms with Gasteiger partial charge in [-0.3, -0.25) is 0 Å². The Hall–Kier alpha value is -2.51. The van der Waals surface area contributed by atoms with E-state index in [0.29, 0.717) is 11.4 Å². The zero-order valence-corrected chi connectivity index (χ0v) is 12.6. The highest BCUT2D eigenvalue weighted by Gasteiger charge is 2.15. The molecule has 2 N–H and O–H groups in total. The molecule has 1 atom stereocenters. The summed E-state index contributed by atoms with van der Waals surface area (Å²) in [7, 11) is 0. The van der Waals surface area contributed by atoms with Gasteiger partial charge < -0.3 is 19.5 Å². The van der Waals surface area contributed by atoms with Gasteiger partial charge >= 0.3 is 6.61 Å². The lowest BCUT2D eigenvalue weighted by atomic mass is 10.1. The van der Waals surface area contributed by atoms with Gasteiger partial charge in [0.05, 0.1) is 23.7 Å². The van der Waals surface area contributed by atoms with E-state index in [2.05, 4.69) is 9.72 Å². The molecule has 7 heteroatoms. The zero-order chi connectivity index (χ0) is 17.1. The van der Waals surface area contributed by atoms with Crippen LogP contribution in [0.1, 0.15) is 17.5 Å². The molecule has 24 heavy (non-hydrogen) atoms. The lowest BCUT2D eigenvalue weighted by molar-refractivity contribution is -0.0498. The summed E-state index contributed by atoms with van der Waals surface area (Å²) in [4.78, 5) is 4.32. The third-order valence-electron chi connectivity index (χ3n) is 3.72.